The predicted octanol–water partition coefficient (Wildman–Crippen LogP) is 1.38. The molecule has 0 saturated heterocycles. The number of unbranched alkanes of at least 4 members (excludes halogenated alkanes) is 1. The molecule has 0 spiro atoms. The fourth-order valence-electron chi connectivity index (χ4n) is 2.93. The number of hydrogen-bond donors (Lipinski definition) is 3. The number of methoxy groups -OCH3 is 1. The lowest BCUT2D eigenvalue weighted by atomic mass is 10.2. The molecule has 1 fully saturated rings. The van der Waals surface area contributed by atoms with E-state index in [0.717, 1.165) is 38.5 Å². The lowest BCUT2D eigenvalue weighted by Gasteiger charge is -2.15. The number of ether oxygens (including phenoxy) is 1. The largest absolute Gasteiger partial charge is 0.495 e. The maximum absolute atomic E-state index is 12.7. The highest BCUT2D eigenvalue weighted by atomic mass is 32.2. The molecule has 1 saturated carbocycles. The Morgan fingerprint density at radius 2 is 2.00 bits per heavy atom. The van der Waals surface area contributed by atoms with Gasteiger partial charge in [0, 0.05) is 18.2 Å². The van der Waals surface area contributed by atoms with Crippen molar-refractivity contribution in [1.82, 2.24) is 10.0 Å². The normalized spacial score (nSPS) is 15.3. The smallest absolute Gasteiger partial charge is 0.251 e. The number of nitrogens with two attached hydrogens (primary N) is 1. The Kier molecular flexibility index (Phi) is 7.22. The van der Waals surface area contributed by atoms with Crippen molar-refractivity contribution < 1.29 is 17.9 Å². The summed E-state index contributed by atoms with van der Waals surface area (Å²) in [5.74, 6) is -0.0813. The first-order chi connectivity index (χ1) is 12.0. The van der Waals surface area contributed by atoms with Crippen LogP contribution in [0.3, 0.4) is 0 Å². The summed E-state index contributed by atoms with van der Waals surface area (Å²) in [6, 6.07) is 4.39. The fourth-order valence-corrected chi connectivity index (χ4v) is 4.43. The van der Waals surface area contributed by atoms with Gasteiger partial charge in [0.25, 0.3) is 5.91 Å². The summed E-state index contributed by atoms with van der Waals surface area (Å²) in [6.45, 7) is 1.08. The Balaban J connectivity index is 2.16. The second-order valence-electron chi connectivity index (χ2n) is 6.22. The molecule has 1 amide bonds. The third-order valence-corrected chi connectivity index (χ3v) is 5.85. The van der Waals surface area contributed by atoms with E-state index in [1.54, 1.807) is 6.07 Å². The van der Waals surface area contributed by atoms with Gasteiger partial charge in [-0.1, -0.05) is 12.8 Å². The molecule has 1 aliphatic carbocycles. The van der Waals surface area contributed by atoms with Gasteiger partial charge in [-0.15, -0.1) is 0 Å². The molecule has 0 aromatic heterocycles. The van der Waals surface area contributed by atoms with Crippen LogP contribution < -0.4 is 20.5 Å². The molecule has 25 heavy (non-hydrogen) atoms. The van der Waals surface area contributed by atoms with Crippen molar-refractivity contribution in [2.75, 3.05) is 20.2 Å². The second-order valence-corrected chi connectivity index (χ2v) is 7.90. The van der Waals surface area contributed by atoms with E-state index in [1.807, 2.05) is 0 Å². The van der Waals surface area contributed by atoms with E-state index >= 15 is 0 Å². The van der Waals surface area contributed by atoms with E-state index in [2.05, 4.69) is 10.0 Å². The Bertz CT molecular complexity index is 685. The maximum atomic E-state index is 12.7. The highest BCUT2D eigenvalue weighted by Gasteiger charge is 2.26. The van der Waals surface area contributed by atoms with Crippen LogP contribution in [-0.4, -0.2) is 40.6 Å². The molecule has 4 N–H and O–H groups in total. The first kappa shape index (κ1) is 19.7. The monoisotopic (exact) mass is 369 g/mol. The zero-order valence-electron chi connectivity index (χ0n) is 14.6. The SMILES string of the molecule is COc1ccc(C(=O)NCCCCN)cc1S(=O)(=O)NC1CCCC1. The third-order valence-electron chi connectivity index (χ3n) is 4.31. The zero-order chi connectivity index (χ0) is 18.3. The number of carbonyl (C=O) groups excluding carboxylic acids is 1. The van der Waals surface area contributed by atoms with Crippen molar-refractivity contribution in [3.8, 4) is 5.75 Å². The van der Waals surface area contributed by atoms with E-state index in [4.69, 9.17) is 10.5 Å². The van der Waals surface area contributed by atoms with Gasteiger partial charge in [0.05, 0.1) is 7.11 Å². The van der Waals surface area contributed by atoms with Crippen molar-refractivity contribution in [1.29, 1.82) is 0 Å². The summed E-state index contributed by atoms with van der Waals surface area (Å²) < 4.78 is 33.3. The minimum absolute atomic E-state index is 0.00323. The standard InChI is InChI=1S/C17H27N3O4S/c1-24-15-9-8-13(17(21)19-11-5-4-10-18)12-16(15)25(22,23)20-14-6-2-3-7-14/h8-9,12,14,20H,2-7,10-11,18H2,1H3,(H,19,21). The summed E-state index contributed by atoms with van der Waals surface area (Å²) in [4.78, 5) is 12.2. The minimum Gasteiger partial charge on any atom is -0.495 e. The van der Waals surface area contributed by atoms with Gasteiger partial charge in [0.2, 0.25) is 10.0 Å². The topological polar surface area (TPSA) is 111 Å². The number of nitrogens with one attached hydrogen (secondary N) is 2. The molecule has 8 heteroatoms. The summed E-state index contributed by atoms with van der Waals surface area (Å²) in [6.07, 6.45) is 5.33. The molecule has 0 unspecified atom stereocenters. The van der Waals surface area contributed by atoms with Gasteiger partial charge in [0.1, 0.15) is 10.6 Å². The molecule has 1 aromatic rings. The van der Waals surface area contributed by atoms with E-state index in [-0.39, 0.29) is 22.6 Å². The number of hydrogen-bond acceptors (Lipinski definition) is 5. The number of rotatable bonds is 9. The lowest BCUT2D eigenvalue weighted by molar-refractivity contribution is 0.0953. The van der Waals surface area contributed by atoms with Crippen LogP contribution in [0.5, 0.6) is 5.75 Å². The lowest BCUT2D eigenvalue weighted by Crippen LogP contribution is -2.33. The van der Waals surface area contributed by atoms with Crippen LogP contribution in [0.25, 0.3) is 0 Å². The van der Waals surface area contributed by atoms with E-state index in [0.29, 0.717) is 18.7 Å². The number of amides is 1. The number of sulfonamides is 1. The van der Waals surface area contributed by atoms with Crippen molar-refractivity contribution in [3.63, 3.8) is 0 Å². The van der Waals surface area contributed by atoms with Crippen molar-refractivity contribution >= 4 is 15.9 Å². The summed E-state index contributed by atoms with van der Waals surface area (Å²) >= 11 is 0. The number of benzene rings is 1. The highest BCUT2D eigenvalue weighted by molar-refractivity contribution is 7.89. The van der Waals surface area contributed by atoms with Crippen LogP contribution in [-0.2, 0) is 10.0 Å². The molecule has 0 heterocycles. The average Bonchev–Trinajstić information content (AvgIpc) is 3.10. The number of carbonyl (C=O) groups is 1. The van der Waals surface area contributed by atoms with Crippen molar-refractivity contribution in [2.45, 2.75) is 49.5 Å². The van der Waals surface area contributed by atoms with Gasteiger partial charge in [-0.25, -0.2) is 13.1 Å². The quantitative estimate of drug-likeness (QED) is 0.570. The second kappa shape index (κ2) is 9.17. The van der Waals surface area contributed by atoms with Crippen molar-refractivity contribution in [3.05, 3.63) is 23.8 Å². The van der Waals surface area contributed by atoms with Gasteiger partial charge < -0.3 is 15.8 Å². The molecule has 0 atom stereocenters. The molecular formula is C17H27N3O4S. The first-order valence-electron chi connectivity index (χ1n) is 8.66. The molecule has 140 valence electrons. The highest BCUT2D eigenvalue weighted by Crippen LogP contribution is 2.27. The minimum atomic E-state index is -3.74. The molecule has 1 aliphatic rings. The maximum Gasteiger partial charge on any atom is 0.251 e. The molecule has 7 nitrogen and oxygen atoms in total. The Labute approximate surface area is 149 Å². The van der Waals surface area contributed by atoms with Crippen LogP contribution >= 0.6 is 0 Å². The molecule has 2 rings (SSSR count). The van der Waals surface area contributed by atoms with Crippen LogP contribution in [0.2, 0.25) is 0 Å². The average molecular weight is 369 g/mol. The van der Waals surface area contributed by atoms with E-state index < -0.39 is 10.0 Å². The van der Waals surface area contributed by atoms with Crippen LogP contribution in [0.4, 0.5) is 0 Å². The molecule has 1 aromatic carbocycles. The first-order valence-corrected chi connectivity index (χ1v) is 10.1. The zero-order valence-corrected chi connectivity index (χ0v) is 15.4. The van der Waals surface area contributed by atoms with Gasteiger partial charge in [-0.3, -0.25) is 4.79 Å². The van der Waals surface area contributed by atoms with E-state index in [1.165, 1.54) is 19.2 Å². The third kappa shape index (κ3) is 5.42. The van der Waals surface area contributed by atoms with Crippen molar-refractivity contribution in [2.24, 2.45) is 5.73 Å². The predicted molar refractivity (Wildman–Crippen MR) is 96.2 cm³/mol. The Hall–Kier alpha value is -1.64. The molecular weight excluding hydrogens is 342 g/mol. The summed E-state index contributed by atoms with van der Waals surface area (Å²) in [5, 5.41) is 2.77. The summed E-state index contributed by atoms with van der Waals surface area (Å²) in [7, 11) is -2.33. The van der Waals surface area contributed by atoms with E-state index in [9.17, 15) is 13.2 Å². The van der Waals surface area contributed by atoms with Gasteiger partial charge in [-0.05, 0) is 50.4 Å². The Morgan fingerprint density at radius 1 is 1.28 bits per heavy atom. The van der Waals surface area contributed by atoms with Gasteiger partial charge >= 0.3 is 0 Å². The fraction of sp³-hybridized carbons (Fsp3) is 0.588. The molecule has 0 aliphatic heterocycles. The molecule has 0 radical (unpaired) electrons. The van der Waals surface area contributed by atoms with Crippen LogP contribution in [0.15, 0.2) is 23.1 Å². The van der Waals surface area contributed by atoms with Crippen LogP contribution in [0.1, 0.15) is 48.9 Å². The van der Waals surface area contributed by atoms with Crippen LogP contribution in [0, 0.1) is 0 Å². The van der Waals surface area contributed by atoms with Gasteiger partial charge in [-0.2, -0.15) is 0 Å². The van der Waals surface area contributed by atoms with Gasteiger partial charge in [0.15, 0.2) is 0 Å². The Morgan fingerprint density at radius 3 is 2.64 bits per heavy atom. The summed E-state index contributed by atoms with van der Waals surface area (Å²) in [5.41, 5.74) is 5.71. The molecule has 0 bridgehead atoms.